The van der Waals surface area contributed by atoms with Gasteiger partial charge >= 0.3 is 0 Å². The number of nitrogen functional groups attached to an aromatic ring is 1. The lowest BCUT2D eigenvalue weighted by molar-refractivity contribution is 0.229. The number of aromatic nitrogens is 4. The van der Waals surface area contributed by atoms with Gasteiger partial charge < -0.3 is 10.6 Å². The fourth-order valence-electron chi connectivity index (χ4n) is 4.00. The second kappa shape index (κ2) is 8.57. The molecule has 1 aliphatic carbocycles. The van der Waals surface area contributed by atoms with Crippen LogP contribution in [0.4, 0.5) is 5.95 Å². The van der Waals surface area contributed by atoms with Gasteiger partial charge in [-0.1, -0.05) is 31.4 Å². The molecule has 29 heavy (non-hydrogen) atoms. The number of rotatable bonds is 2. The molecule has 1 aromatic carbocycles. The molecular formula is C23H28N6. The Bertz CT molecular complexity index is 1090. The van der Waals surface area contributed by atoms with Gasteiger partial charge in [0.2, 0.25) is 5.95 Å². The fraction of sp³-hybridized carbons (Fsp3) is 0.348. The average molecular weight is 389 g/mol. The van der Waals surface area contributed by atoms with Gasteiger partial charge in [-0.3, -0.25) is 4.98 Å². The van der Waals surface area contributed by atoms with Crippen LogP contribution in [0.3, 0.4) is 0 Å². The van der Waals surface area contributed by atoms with Crippen molar-refractivity contribution in [3.05, 3.63) is 55.0 Å². The molecule has 1 aliphatic rings. The molecular weight excluding hydrogens is 360 g/mol. The molecule has 0 aliphatic heterocycles. The van der Waals surface area contributed by atoms with Crippen LogP contribution in [-0.2, 0) is 0 Å². The van der Waals surface area contributed by atoms with Crippen molar-refractivity contribution < 1.29 is 0 Å². The molecule has 4 aromatic rings. The van der Waals surface area contributed by atoms with Crippen LogP contribution >= 0.6 is 0 Å². The van der Waals surface area contributed by atoms with Crippen LogP contribution < -0.4 is 5.73 Å². The minimum Gasteiger partial charge on any atom is -0.367 e. The molecule has 1 saturated carbocycles. The molecule has 2 N–H and O–H groups in total. The van der Waals surface area contributed by atoms with E-state index in [4.69, 9.17) is 5.73 Å². The van der Waals surface area contributed by atoms with Crippen molar-refractivity contribution in [3.63, 3.8) is 0 Å². The van der Waals surface area contributed by atoms with Gasteiger partial charge in [-0.2, -0.15) is 0 Å². The first-order valence-electron chi connectivity index (χ1n) is 10.2. The summed E-state index contributed by atoms with van der Waals surface area (Å²) in [4.78, 5) is 10.8. The van der Waals surface area contributed by atoms with E-state index in [1.54, 1.807) is 16.9 Å². The number of benzene rings is 1. The third-order valence-corrected chi connectivity index (χ3v) is 5.65. The van der Waals surface area contributed by atoms with Crippen LogP contribution in [0.2, 0.25) is 0 Å². The van der Waals surface area contributed by atoms with Crippen LogP contribution in [0.15, 0.2) is 55.0 Å². The number of hydrogen-bond acceptors (Lipinski definition) is 5. The minimum atomic E-state index is 0.266. The van der Waals surface area contributed by atoms with Gasteiger partial charge in [-0.25, -0.2) is 9.50 Å². The summed E-state index contributed by atoms with van der Waals surface area (Å²) in [5.74, 6) is 0.266. The normalized spacial score (nSPS) is 14.9. The highest BCUT2D eigenvalue weighted by molar-refractivity contribution is 5.88. The summed E-state index contributed by atoms with van der Waals surface area (Å²) in [5, 5.41) is 5.27. The third-order valence-electron chi connectivity index (χ3n) is 5.65. The Morgan fingerprint density at radius 1 is 1.03 bits per heavy atom. The number of pyridine rings is 1. The zero-order valence-electron chi connectivity index (χ0n) is 17.1. The molecule has 0 bridgehead atoms. The predicted molar refractivity (Wildman–Crippen MR) is 119 cm³/mol. The lowest BCUT2D eigenvalue weighted by Gasteiger charge is -2.27. The second-order valence-corrected chi connectivity index (χ2v) is 7.84. The third kappa shape index (κ3) is 4.38. The van der Waals surface area contributed by atoms with Crippen LogP contribution in [0.5, 0.6) is 0 Å². The van der Waals surface area contributed by atoms with Gasteiger partial charge in [-0.15, -0.1) is 5.10 Å². The van der Waals surface area contributed by atoms with Gasteiger partial charge in [0.05, 0.1) is 17.2 Å². The fourth-order valence-corrected chi connectivity index (χ4v) is 4.00. The Balaban J connectivity index is 0.000000192. The van der Waals surface area contributed by atoms with Crippen molar-refractivity contribution in [3.8, 4) is 11.1 Å². The van der Waals surface area contributed by atoms with Crippen molar-refractivity contribution in [2.75, 3.05) is 19.8 Å². The highest BCUT2D eigenvalue weighted by Crippen LogP contribution is 2.27. The summed E-state index contributed by atoms with van der Waals surface area (Å²) in [6, 6.07) is 13.1. The number of nitrogens with two attached hydrogens (primary N) is 1. The van der Waals surface area contributed by atoms with E-state index in [0.717, 1.165) is 33.6 Å². The predicted octanol–water partition coefficient (Wildman–Crippen LogP) is 4.41. The largest absolute Gasteiger partial charge is 0.367 e. The van der Waals surface area contributed by atoms with Crippen LogP contribution in [-0.4, -0.2) is 44.6 Å². The SMILES string of the molecule is CN(C)C1CCCCC1.Nc1ncc2c(-c3ccc4ncccc4c3)ccn2n1. The number of nitrogens with zero attached hydrogens (tertiary/aromatic N) is 5. The van der Waals surface area contributed by atoms with Crippen LogP contribution in [0, 0.1) is 0 Å². The standard InChI is InChI=1S/C15H11N5.C8H17N/c16-15-18-9-14-12(5-7-20(14)19-15)10-3-4-13-11(8-10)2-1-6-17-13;1-9(2)8-6-4-3-5-7-8/h1-9H,(H2,16,19);8H,3-7H2,1-2H3. The highest BCUT2D eigenvalue weighted by atomic mass is 15.3. The maximum atomic E-state index is 5.59. The molecule has 6 nitrogen and oxygen atoms in total. The maximum absolute atomic E-state index is 5.59. The van der Waals surface area contributed by atoms with Crippen molar-refractivity contribution in [2.24, 2.45) is 0 Å². The Morgan fingerprint density at radius 2 is 1.86 bits per heavy atom. The number of hydrogen-bond donors (Lipinski definition) is 1. The number of anilines is 1. The monoisotopic (exact) mass is 388 g/mol. The van der Waals surface area contributed by atoms with Gasteiger partial charge in [0.25, 0.3) is 0 Å². The molecule has 6 heteroatoms. The van der Waals surface area contributed by atoms with Crippen molar-refractivity contribution in [2.45, 2.75) is 38.1 Å². The lowest BCUT2D eigenvalue weighted by Crippen LogP contribution is -2.29. The van der Waals surface area contributed by atoms with Crippen LogP contribution in [0.1, 0.15) is 32.1 Å². The highest BCUT2D eigenvalue weighted by Gasteiger charge is 2.14. The van der Waals surface area contributed by atoms with Gasteiger partial charge in [0, 0.05) is 29.4 Å². The average Bonchev–Trinajstić information content (AvgIpc) is 3.17. The van der Waals surface area contributed by atoms with Crippen LogP contribution in [0.25, 0.3) is 27.5 Å². The Morgan fingerprint density at radius 3 is 2.62 bits per heavy atom. The molecule has 0 saturated heterocycles. The Hall–Kier alpha value is -2.99. The molecule has 0 unspecified atom stereocenters. The van der Waals surface area contributed by atoms with Crippen molar-refractivity contribution in [1.29, 1.82) is 0 Å². The van der Waals surface area contributed by atoms with E-state index < -0.39 is 0 Å². The summed E-state index contributed by atoms with van der Waals surface area (Å²) in [7, 11) is 4.38. The van der Waals surface area contributed by atoms with E-state index in [1.807, 2.05) is 24.4 Å². The first kappa shape index (κ1) is 19.3. The van der Waals surface area contributed by atoms with E-state index in [0.29, 0.717) is 0 Å². The molecule has 0 spiro atoms. The zero-order chi connectivity index (χ0) is 20.2. The molecule has 1 fully saturated rings. The van der Waals surface area contributed by atoms with E-state index in [-0.39, 0.29) is 5.95 Å². The van der Waals surface area contributed by atoms with Gasteiger partial charge in [0.15, 0.2) is 0 Å². The summed E-state index contributed by atoms with van der Waals surface area (Å²) in [6.07, 6.45) is 12.6. The Labute approximate surface area is 171 Å². The van der Waals surface area contributed by atoms with Crippen molar-refractivity contribution >= 4 is 22.4 Å². The summed E-state index contributed by atoms with van der Waals surface area (Å²) in [5.41, 5.74) is 9.71. The maximum Gasteiger partial charge on any atom is 0.238 e. The topological polar surface area (TPSA) is 72.3 Å². The van der Waals surface area contributed by atoms with E-state index >= 15 is 0 Å². The minimum absolute atomic E-state index is 0.266. The van der Waals surface area contributed by atoms with E-state index in [9.17, 15) is 0 Å². The quantitative estimate of drug-likeness (QED) is 0.551. The summed E-state index contributed by atoms with van der Waals surface area (Å²) < 4.78 is 1.74. The molecule has 150 valence electrons. The van der Waals surface area contributed by atoms with Crippen molar-refractivity contribution in [1.82, 2.24) is 24.5 Å². The second-order valence-electron chi connectivity index (χ2n) is 7.84. The molecule has 0 atom stereocenters. The number of fused-ring (bicyclic) bond motifs is 2. The molecule has 0 radical (unpaired) electrons. The lowest BCUT2D eigenvalue weighted by atomic mass is 9.95. The van der Waals surface area contributed by atoms with E-state index in [2.05, 4.69) is 52.3 Å². The Kier molecular flexibility index (Phi) is 5.71. The van der Waals surface area contributed by atoms with Gasteiger partial charge in [0.1, 0.15) is 0 Å². The molecule has 5 rings (SSSR count). The smallest absolute Gasteiger partial charge is 0.238 e. The first-order valence-corrected chi connectivity index (χ1v) is 10.2. The molecule has 3 aromatic heterocycles. The first-order chi connectivity index (χ1) is 14.1. The molecule has 0 amide bonds. The van der Waals surface area contributed by atoms with E-state index in [1.165, 1.54) is 32.1 Å². The van der Waals surface area contributed by atoms with Gasteiger partial charge in [-0.05, 0) is 56.8 Å². The summed E-state index contributed by atoms with van der Waals surface area (Å²) in [6.45, 7) is 0. The summed E-state index contributed by atoms with van der Waals surface area (Å²) >= 11 is 0. The molecule has 3 heterocycles. The zero-order valence-corrected chi connectivity index (χ0v) is 17.1.